The number of carbonyl (C=O) groups is 2. The number of carbonyl (C=O) groups excluding carboxylic acids is 4. The average molecular weight is 691 g/mol. The minimum absolute atomic E-state index is 0. The molecule has 0 aromatic carbocycles. The summed E-state index contributed by atoms with van der Waals surface area (Å²) >= 11 is 3.17. The molecule has 0 saturated heterocycles. The molecule has 0 aliphatic carbocycles. The molecule has 1 aromatic rings. The number of esters is 1. The minimum atomic E-state index is -0.539. The molecule has 0 unspecified atom stereocenters. The van der Waals surface area contributed by atoms with Crippen molar-refractivity contribution in [3.8, 4) is 0 Å². The molecule has 0 N–H and O–H groups in total. The van der Waals surface area contributed by atoms with Crippen molar-refractivity contribution >= 4 is 46.4 Å². The molecule has 1 aromatic heterocycles. The van der Waals surface area contributed by atoms with Crippen molar-refractivity contribution in [1.82, 2.24) is 9.78 Å². The van der Waals surface area contributed by atoms with Gasteiger partial charge in [-0.15, -0.1) is 0 Å². The first kappa shape index (κ1) is 52.1. The average Bonchev–Trinajstić information content (AvgIpc) is 3.53. The first-order valence-electron chi connectivity index (χ1n) is 10.2. The van der Waals surface area contributed by atoms with Crippen molar-refractivity contribution in [3.05, 3.63) is 44.4 Å². The maximum atomic E-state index is 10.8. The summed E-state index contributed by atoms with van der Waals surface area (Å²) in [7, 11) is 0. The number of rotatable bonds is 7. The molecule has 0 saturated carbocycles. The Labute approximate surface area is 327 Å². The van der Waals surface area contributed by atoms with Crippen molar-refractivity contribution in [2.45, 2.75) is 65.3 Å². The maximum Gasteiger partial charge on any atom is 1.00 e. The van der Waals surface area contributed by atoms with Crippen LogP contribution in [0, 0.1) is 20.2 Å². The topological polar surface area (TPSA) is 226 Å². The molecule has 16 nitrogen and oxygen atoms in total. The molecule has 1 aliphatic rings. The van der Waals surface area contributed by atoms with E-state index in [0.29, 0.717) is 13.2 Å². The fourth-order valence-corrected chi connectivity index (χ4v) is 1.78. The van der Waals surface area contributed by atoms with Gasteiger partial charge in [-0.05, 0) is 41.0 Å². The molecule has 0 fully saturated rings. The smallest absolute Gasteiger partial charge is 1.00 e. The molecule has 0 spiro atoms. The van der Waals surface area contributed by atoms with Gasteiger partial charge in [-0.3, -0.25) is 39.5 Å². The van der Waals surface area contributed by atoms with E-state index in [1.165, 1.54) is 24.7 Å². The number of nitro groups is 2. The van der Waals surface area contributed by atoms with E-state index in [0.717, 1.165) is 6.42 Å². The second-order valence-corrected chi connectivity index (χ2v) is 9.40. The Balaban J connectivity index is -0.0000000741. The first-order valence-corrected chi connectivity index (χ1v) is 11.0. The number of ether oxygens (including phenoxy) is 1. The second-order valence-electron chi connectivity index (χ2n) is 7.42. The zero-order valence-corrected chi connectivity index (χ0v) is 30.9. The number of allylic oxidation sites excluding steroid dienone is 1. The van der Waals surface area contributed by atoms with Crippen LogP contribution < -0.4 is 108 Å². The first-order chi connectivity index (χ1) is 17.1. The Hall–Kier alpha value is -0.547. The van der Waals surface area contributed by atoms with Crippen molar-refractivity contribution in [2.24, 2.45) is 4.99 Å². The van der Waals surface area contributed by atoms with Gasteiger partial charge in [-0.1, -0.05) is 30.3 Å². The van der Waals surface area contributed by atoms with Gasteiger partial charge in [-0.25, -0.2) is 0 Å². The second kappa shape index (κ2) is 29.9. The summed E-state index contributed by atoms with van der Waals surface area (Å²) in [4.78, 5) is 61.3. The standard InChI is InChI=1S/C8H13N3O2.C6H11BrO2.C4H4N2O2.CH2O3.CO2.CH4.2K.H/c1-4-8(2,3)10-6-7(5-9-10)11(12)13;1-4-9-5(8)6(2,3)7;7-6(8)4-1-2-5-3-4;2-1-4-3;2-1-3;;;;/h5-6H,4H2,1-3H3;4H2,1-3H3;1,3H,2H2;1,3H;;1H4;;;/q;;;;;;2*+1;-1/p-1. The van der Waals surface area contributed by atoms with Crippen molar-refractivity contribution in [1.29, 1.82) is 0 Å². The summed E-state index contributed by atoms with van der Waals surface area (Å²) in [5, 5.41) is 32.6. The summed E-state index contributed by atoms with van der Waals surface area (Å²) in [6, 6.07) is 0. The van der Waals surface area contributed by atoms with Crippen LogP contribution in [0.3, 0.4) is 0 Å². The quantitative estimate of drug-likeness (QED) is 0.0517. The molecule has 0 radical (unpaired) electrons. The molecule has 19 heteroatoms. The molecule has 40 heavy (non-hydrogen) atoms. The van der Waals surface area contributed by atoms with E-state index in [-0.39, 0.29) is 147 Å². The molecule has 2 heterocycles. The van der Waals surface area contributed by atoms with Crippen molar-refractivity contribution < 1.29 is 148 Å². The predicted molar refractivity (Wildman–Crippen MR) is 137 cm³/mol. The Morgan fingerprint density at radius 3 is 1.88 bits per heavy atom. The number of aliphatic imine (C=N–C) groups is 1. The van der Waals surface area contributed by atoms with Crippen molar-refractivity contribution in [2.75, 3.05) is 13.2 Å². The zero-order chi connectivity index (χ0) is 29.7. The Bertz CT molecular complexity index is 966. The molecule has 0 atom stereocenters. The summed E-state index contributed by atoms with van der Waals surface area (Å²) in [6.07, 6.45) is 6.60. The van der Waals surface area contributed by atoms with E-state index in [1.54, 1.807) is 25.5 Å². The SMILES string of the molecule is C.CCC(C)(C)n1cc([N+](=O)[O-])cn1.CCOC(=O)C(C)(C)Br.O=C=O.O=CO[O-].O=[N+]([O-])C1=CCN=C1.[H-].[K+].[K+]. The summed E-state index contributed by atoms with van der Waals surface area (Å²) in [6.45, 7) is 12.0. The van der Waals surface area contributed by atoms with Crippen LogP contribution >= 0.6 is 15.9 Å². The number of alkyl halides is 1. The number of aromatic nitrogens is 2. The molecule has 0 bridgehead atoms. The van der Waals surface area contributed by atoms with Crippen LogP contribution in [0.1, 0.15) is 56.8 Å². The van der Waals surface area contributed by atoms with Crippen LogP contribution in [0.2, 0.25) is 0 Å². The fraction of sp³-hybridized carbons (Fsp3) is 0.571. The zero-order valence-electron chi connectivity index (χ0n) is 24.1. The minimum Gasteiger partial charge on any atom is -1.00 e. The van der Waals surface area contributed by atoms with E-state index in [9.17, 15) is 25.0 Å². The van der Waals surface area contributed by atoms with Crippen LogP contribution in [-0.2, 0) is 34.3 Å². The number of hydrogen-bond acceptors (Lipinski definition) is 13. The Morgan fingerprint density at radius 2 is 1.68 bits per heavy atom. The molecular formula is C21H34BrK2N5O11. The van der Waals surface area contributed by atoms with Gasteiger partial charge in [0.1, 0.15) is 16.7 Å². The molecule has 0 amide bonds. The molecule has 218 valence electrons. The van der Waals surface area contributed by atoms with E-state index >= 15 is 0 Å². The van der Waals surface area contributed by atoms with Crippen molar-refractivity contribution in [3.63, 3.8) is 0 Å². The van der Waals surface area contributed by atoms with Gasteiger partial charge in [0.05, 0.1) is 34.8 Å². The van der Waals surface area contributed by atoms with Crippen LogP contribution in [0.25, 0.3) is 0 Å². The van der Waals surface area contributed by atoms with E-state index in [2.05, 4.69) is 30.9 Å². The van der Waals surface area contributed by atoms with Gasteiger partial charge in [-0.2, -0.15) is 14.7 Å². The molecule has 2 rings (SSSR count). The van der Waals surface area contributed by atoms with Gasteiger partial charge in [0.2, 0.25) is 0 Å². The third kappa shape index (κ3) is 27.6. The van der Waals surface area contributed by atoms with E-state index in [4.69, 9.17) is 24.4 Å². The van der Waals surface area contributed by atoms with Crippen LogP contribution in [0.4, 0.5) is 5.69 Å². The van der Waals surface area contributed by atoms with Gasteiger partial charge in [0.15, 0.2) is 0 Å². The Morgan fingerprint density at radius 1 is 1.20 bits per heavy atom. The summed E-state index contributed by atoms with van der Waals surface area (Å²) < 4.78 is 5.81. The summed E-state index contributed by atoms with van der Waals surface area (Å²) in [5.74, 6) is -0.218. The Kier molecular flexibility index (Phi) is 39.0. The van der Waals surface area contributed by atoms with Gasteiger partial charge < -0.3 is 16.3 Å². The number of nitrogens with zero attached hydrogens (tertiary/aromatic N) is 5. The summed E-state index contributed by atoms with van der Waals surface area (Å²) in [5.41, 5.74) is -0.0135. The van der Waals surface area contributed by atoms with Gasteiger partial charge in [0.25, 0.3) is 12.2 Å². The number of halogens is 1. The maximum absolute atomic E-state index is 10.8. The predicted octanol–water partition coefficient (Wildman–Crippen LogP) is -3.50. The largest absolute Gasteiger partial charge is 1.00 e. The van der Waals surface area contributed by atoms with Crippen LogP contribution in [0.15, 0.2) is 29.2 Å². The molecule has 1 aliphatic heterocycles. The fourth-order valence-electron chi connectivity index (χ4n) is 1.67. The number of hydrogen-bond donors (Lipinski definition) is 0. The molecular weight excluding hydrogens is 656 g/mol. The van der Waals surface area contributed by atoms with E-state index in [1.807, 2.05) is 20.8 Å². The normalized spacial score (nSPS) is 10.2. The third-order valence-corrected chi connectivity index (χ3v) is 4.23. The monoisotopic (exact) mass is 689 g/mol. The van der Waals surface area contributed by atoms with Gasteiger partial charge >= 0.3 is 121 Å². The van der Waals surface area contributed by atoms with Gasteiger partial charge in [0, 0.05) is 6.08 Å². The van der Waals surface area contributed by atoms with Crippen LogP contribution in [-0.4, -0.2) is 61.9 Å². The van der Waals surface area contributed by atoms with Crippen LogP contribution in [0.5, 0.6) is 0 Å². The third-order valence-electron chi connectivity index (χ3n) is 3.91. The van der Waals surface area contributed by atoms with E-state index < -0.39 is 14.2 Å².